The van der Waals surface area contributed by atoms with Crippen molar-refractivity contribution in [3.63, 3.8) is 0 Å². The van der Waals surface area contributed by atoms with Gasteiger partial charge in [0.1, 0.15) is 5.75 Å². The summed E-state index contributed by atoms with van der Waals surface area (Å²) in [7, 11) is 0. The van der Waals surface area contributed by atoms with Crippen LogP contribution in [0.5, 0.6) is 5.75 Å². The fraction of sp³-hybridized carbons (Fsp3) is 0.136. The van der Waals surface area contributed by atoms with Gasteiger partial charge in [0.25, 0.3) is 5.91 Å². The highest BCUT2D eigenvalue weighted by Gasteiger charge is 2.16. The van der Waals surface area contributed by atoms with Crippen LogP contribution in [-0.2, 0) is 11.2 Å². The molecule has 144 valence electrons. The molecule has 0 aliphatic rings. The summed E-state index contributed by atoms with van der Waals surface area (Å²) in [4.78, 5) is 12.4. The maximum Gasteiger partial charge on any atom is 0.265 e. The Hall–Kier alpha value is -2.31. The smallest absolute Gasteiger partial charge is 0.265 e. The second-order valence-electron chi connectivity index (χ2n) is 6.44. The molecule has 1 unspecified atom stereocenters. The Kier molecular flexibility index (Phi) is 6.75. The maximum absolute atomic E-state index is 12.4. The van der Waals surface area contributed by atoms with Gasteiger partial charge < -0.3 is 15.8 Å². The first kappa shape index (κ1) is 20.4. The molecule has 0 spiro atoms. The van der Waals surface area contributed by atoms with Gasteiger partial charge in [-0.15, -0.1) is 0 Å². The van der Waals surface area contributed by atoms with Crippen LogP contribution in [0.2, 0.25) is 0 Å². The van der Waals surface area contributed by atoms with Crippen LogP contribution in [0.25, 0.3) is 0 Å². The minimum absolute atomic E-state index is 0.207. The van der Waals surface area contributed by atoms with Gasteiger partial charge in [0.2, 0.25) is 0 Å². The lowest BCUT2D eigenvalue weighted by molar-refractivity contribution is -0.122. The Balaban J connectivity index is 1.58. The largest absolute Gasteiger partial charge is 0.480 e. The van der Waals surface area contributed by atoms with Crippen molar-refractivity contribution in [1.29, 1.82) is 0 Å². The zero-order chi connectivity index (χ0) is 20.1. The summed E-state index contributed by atoms with van der Waals surface area (Å²) in [6, 6.07) is 21.2. The summed E-state index contributed by atoms with van der Waals surface area (Å²) >= 11 is 6.83. The second-order valence-corrected chi connectivity index (χ2v) is 8.21. The molecule has 1 atom stereocenters. The lowest BCUT2D eigenvalue weighted by Gasteiger charge is -2.16. The van der Waals surface area contributed by atoms with Gasteiger partial charge in [0.05, 0.1) is 4.47 Å². The average Bonchev–Trinajstić information content (AvgIpc) is 2.67. The monoisotopic (exact) mass is 502 g/mol. The van der Waals surface area contributed by atoms with E-state index in [9.17, 15) is 4.79 Å². The average molecular weight is 504 g/mol. The van der Waals surface area contributed by atoms with Crippen LogP contribution in [0.15, 0.2) is 75.7 Å². The van der Waals surface area contributed by atoms with Gasteiger partial charge in [-0.25, -0.2) is 0 Å². The van der Waals surface area contributed by atoms with Crippen molar-refractivity contribution in [2.75, 3.05) is 11.1 Å². The number of halogens is 2. The first-order valence-corrected chi connectivity index (χ1v) is 10.4. The summed E-state index contributed by atoms with van der Waals surface area (Å²) in [6.07, 6.45) is 0.179. The van der Waals surface area contributed by atoms with Crippen molar-refractivity contribution in [2.45, 2.75) is 19.4 Å². The van der Waals surface area contributed by atoms with Crippen molar-refractivity contribution >= 4 is 49.1 Å². The molecule has 0 saturated carbocycles. The predicted octanol–water partition coefficient (Wildman–Crippen LogP) is 5.79. The minimum Gasteiger partial charge on any atom is -0.480 e. The van der Waals surface area contributed by atoms with Crippen LogP contribution in [-0.4, -0.2) is 12.0 Å². The molecular formula is C22H20Br2N2O2. The molecule has 6 heteroatoms. The molecule has 0 fully saturated rings. The fourth-order valence-corrected chi connectivity index (χ4v) is 3.78. The summed E-state index contributed by atoms with van der Waals surface area (Å²) < 4.78 is 7.48. The van der Waals surface area contributed by atoms with Gasteiger partial charge in [-0.1, -0.05) is 40.2 Å². The van der Waals surface area contributed by atoms with Crippen LogP contribution in [0.3, 0.4) is 0 Å². The zero-order valence-corrected chi connectivity index (χ0v) is 18.5. The van der Waals surface area contributed by atoms with E-state index < -0.39 is 6.10 Å². The fourth-order valence-electron chi connectivity index (χ4n) is 2.64. The van der Waals surface area contributed by atoms with E-state index in [0.29, 0.717) is 5.75 Å². The molecule has 4 nitrogen and oxygen atoms in total. The molecule has 3 N–H and O–H groups in total. The number of benzene rings is 3. The number of ether oxygens (including phenoxy) is 1. The lowest BCUT2D eigenvalue weighted by atomic mass is 10.0. The highest BCUT2D eigenvalue weighted by molar-refractivity contribution is 9.11. The third-order valence-electron chi connectivity index (χ3n) is 4.18. The number of hydrogen-bond acceptors (Lipinski definition) is 3. The van der Waals surface area contributed by atoms with Crippen LogP contribution in [0.1, 0.15) is 18.1 Å². The molecule has 3 rings (SSSR count). The molecule has 0 aliphatic carbocycles. The Morgan fingerprint density at radius 3 is 2.21 bits per heavy atom. The van der Waals surface area contributed by atoms with Crippen LogP contribution < -0.4 is 15.8 Å². The summed E-state index contributed by atoms with van der Waals surface area (Å²) in [5.41, 5.74) is 9.56. The summed E-state index contributed by atoms with van der Waals surface area (Å²) in [5, 5.41) is 2.89. The van der Waals surface area contributed by atoms with Crippen LogP contribution in [0, 0.1) is 0 Å². The van der Waals surface area contributed by atoms with Crippen LogP contribution >= 0.6 is 31.9 Å². The number of anilines is 2. The molecule has 0 heterocycles. The Morgan fingerprint density at radius 2 is 1.61 bits per heavy atom. The van der Waals surface area contributed by atoms with E-state index in [4.69, 9.17) is 10.5 Å². The number of rotatable bonds is 6. The van der Waals surface area contributed by atoms with Gasteiger partial charge in [-0.2, -0.15) is 0 Å². The minimum atomic E-state index is -0.632. The Bertz CT molecular complexity index is 957. The highest BCUT2D eigenvalue weighted by Crippen LogP contribution is 2.29. The van der Waals surface area contributed by atoms with Gasteiger partial charge in [-0.05, 0) is 82.9 Å². The lowest BCUT2D eigenvalue weighted by Crippen LogP contribution is -2.30. The van der Waals surface area contributed by atoms with Gasteiger partial charge >= 0.3 is 0 Å². The van der Waals surface area contributed by atoms with E-state index in [1.807, 2.05) is 66.7 Å². The molecule has 28 heavy (non-hydrogen) atoms. The van der Waals surface area contributed by atoms with E-state index in [1.54, 1.807) is 6.92 Å². The Labute approximate surface area is 181 Å². The standard InChI is InChI=1S/C22H20Br2N2O2/c1-14(28-21-11-6-17(23)13-20(21)24)22(27)26-19-9-4-16(5-10-19)12-15-2-7-18(25)8-3-15/h2-11,13-14H,12,25H2,1H3,(H,26,27). The number of amides is 1. The number of hydrogen-bond donors (Lipinski definition) is 2. The molecule has 0 aromatic heterocycles. The third kappa shape index (κ3) is 5.59. The number of carbonyl (C=O) groups is 1. The summed E-state index contributed by atoms with van der Waals surface area (Å²) in [5.74, 6) is 0.408. The molecule has 3 aromatic carbocycles. The van der Waals surface area contributed by atoms with E-state index in [1.165, 1.54) is 5.56 Å². The van der Waals surface area contributed by atoms with Crippen molar-refractivity contribution < 1.29 is 9.53 Å². The summed E-state index contributed by atoms with van der Waals surface area (Å²) in [6.45, 7) is 1.72. The van der Waals surface area contributed by atoms with E-state index in [-0.39, 0.29) is 5.91 Å². The van der Waals surface area contributed by atoms with E-state index in [2.05, 4.69) is 37.2 Å². The molecule has 0 radical (unpaired) electrons. The van der Waals surface area contributed by atoms with Crippen LogP contribution in [0.4, 0.5) is 11.4 Å². The number of nitrogens with one attached hydrogen (secondary N) is 1. The SMILES string of the molecule is CC(Oc1ccc(Br)cc1Br)C(=O)Nc1ccc(Cc2ccc(N)cc2)cc1. The Morgan fingerprint density at radius 1 is 1.00 bits per heavy atom. The topological polar surface area (TPSA) is 64.3 Å². The van der Waals surface area contributed by atoms with Crippen molar-refractivity contribution in [3.05, 3.63) is 86.8 Å². The molecule has 0 bridgehead atoms. The second kappa shape index (κ2) is 9.26. The molecule has 0 aliphatic heterocycles. The van der Waals surface area contributed by atoms with Crippen molar-refractivity contribution in [3.8, 4) is 5.75 Å². The highest BCUT2D eigenvalue weighted by atomic mass is 79.9. The van der Waals surface area contributed by atoms with E-state index >= 15 is 0 Å². The first-order chi connectivity index (χ1) is 13.4. The van der Waals surface area contributed by atoms with Gasteiger partial charge in [0.15, 0.2) is 6.10 Å². The quantitative estimate of drug-likeness (QED) is 0.418. The van der Waals surface area contributed by atoms with E-state index in [0.717, 1.165) is 32.3 Å². The zero-order valence-electron chi connectivity index (χ0n) is 15.3. The van der Waals surface area contributed by atoms with Crippen molar-refractivity contribution in [1.82, 2.24) is 0 Å². The first-order valence-electron chi connectivity index (χ1n) is 8.76. The molecule has 1 amide bonds. The third-order valence-corrected chi connectivity index (χ3v) is 5.29. The molecular weight excluding hydrogens is 484 g/mol. The van der Waals surface area contributed by atoms with Gasteiger partial charge in [0, 0.05) is 15.8 Å². The molecule has 3 aromatic rings. The maximum atomic E-state index is 12.4. The predicted molar refractivity (Wildman–Crippen MR) is 121 cm³/mol. The van der Waals surface area contributed by atoms with Crippen molar-refractivity contribution in [2.24, 2.45) is 0 Å². The number of nitrogen functional groups attached to an aromatic ring is 1. The normalized spacial score (nSPS) is 11.7. The van der Waals surface area contributed by atoms with Gasteiger partial charge in [-0.3, -0.25) is 4.79 Å². The molecule has 0 saturated heterocycles. The number of nitrogens with two attached hydrogens (primary N) is 1. The number of carbonyl (C=O) groups excluding carboxylic acids is 1.